The predicted molar refractivity (Wildman–Crippen MR) is 122 cm³/mol. The highest BCUT2D eigenvalue weighted by molar-refractivity contribution is 7.12. The van der Waals surface area contributed by atoms with Gasteiger partial charge in [-0.05, 0) is 60.7 Å². The number of esters is 1. The zero-order chi connectivity index (χ0) is 22.1. The number of carbonyl (C=O) groups excluding carboxylic acids is 2. The van der Waals surface area contributed by atoms with Crippen molar-refractivity contribution in [2.75, 3.05) is 18.5 Å². The first-order chi connectivity index (χ1) is 15.1. The molecule has 0 radical (unpaired) electrons. The van der Waals surface area contributed by atoms with Gasteiger partial charge in [-0.1, -0.05) is 24.3 Å². The van der Waals surface area contributed by atoms with Gasteiger partial charge in [0.05, 0.1) is 19.4 Å². The van der Waals surface area contributed by atoms with E-state index in [9.17, 15) is 9.59 Å². The molecule has 2 N–H and O–H groups in total. The van der Waals surface area contributed by atoms with Crippen molar-refractivity contribution >= 4 is 35.1 Å². The molecule has 0 aliphatic carbocycles. The summed E-state index contributed by atoms with van der Waals surface area (Å²) < 4.78 is 11.0. The number of para-hydroxylation sites is 1. The summed E-state index contributed by atoms with van der Waals surface area (Å²) in [5.41, 5.74) is 5.12. The molecule has 1 aromatic heterocycles. The molecular formula is C23H23N3O4S. The minimum absolute atomic E-state index is 0.101. The number of aryl methyl sites for hydroxylation is 1. The second-order valence-corrected chi connectivity index (χ2v) is 7.42. The molecular weight excluding hydrogens is 414 g/mol. The molecule has 0 bridgehead atoms. The van der Waals surface area contributed by atoms with Gasteiger partial charge in [0.1, 0.15) is 4.88 Å². The van der Waals surface area contributed by atoms with Gasteiger partial charge in [0.25, 0.3) is 5.91 Å². The van der Waals surface area contributed by atoms with E-state index in [1.807, 2.05) is 43.5 Å². The first-order valence-corrected chi connectivity index (χ1v) is 10.6. The van der Waals surface area contributed by atoms with E-state index in [0.717, 1.165) is 11.3 Å². The number of hydrogen-bond donors (Lipinski definition) is 2. The Kier molecular flexibility index (Phi) is 7.78. The van der Waals surface area contributed by atoms with Crippen LogP contribution >= 0.6 is 11.3 Å². The van der Waals surface area contributed by atoms with Crippen LogP contribution in [0.4, 0.5) is 5.69 Å². The summed E-state index contributed by atoms with van der Waals surface area (Å²) in [6.07, 6.45) is 1.50. The average molecular weight is 438 g/mol. The number of amides is 1. The lowest BCUT2D eigenvalue weighted by Crippen LogP contribution is -2.26. The minimum atomic E-state index is -0.439. The lowest BCUT2D eigenvalue weighted by Gasteiger charge is -2.11. The van der Waals surface area contributed by atoms with Crippen molar-refractivity contribution in [3.63, 3.8) is 0 Å². The summed E-state index contributed by atoms with van der Waals surface area (Å²) >= 11 is 1.31. The van der Waals surface area contributed by atoms with Crippen LogP contribution in [0.3, 0.4) is 0 Å². The van der Waals surface area contributed by atoms with Gasteiger partial charge >= 0.3 is 5.97 Å². The zero-order valence-corrected chi connectivity index (χ0v) is 18.1. The van der Waals surface area contributed by atoms with Crippen LogP contribution in [0, 0.1) is 6.92 Å². The van der Waals surface area contributed by atoms with Crippen LogP contribution in [0.2, 0.25) is 0 Å². The Morgan fingerprint density at radius 2 is 1.94 bits per heavy atom. The molecule has 1 amide bonds. The number of thiophene rings is 1. The summed E-state index contributed by atoms with van der Waals surface area (Å²) in [6.45, 7) is 4.32. The second kappa shape index (κ2) is 10.9. The largest absolute Gasteiger partial charge is 0.490 e. The number of anilines is 1. The molecule has 0 saturated heterocycles. The summed E-state index contributed by atoms with van der Waals surface area (Å²) in [5.74, 6) is 0.0320. The normalized spacial score (nSPS) is 10.6. The number of nitrogens with zero attached hydrogens (tertiary/aromatic N) is 1. The van der Waals surface area contributed by atoms with Crippen LogP contribution in [0.1, 0.15) is 27.7 Å². The van der Waals surface area contributed by atoms with Gasteiger partial charge in [0.2, 0.25) is 0 Å². The maximum absolute atomic E-state index is 12.2. The van der Waals surface area contributed by atoms with E-state index >= 15 is 0 Å². The van der Waals surface area contributed by atoms with Crippen LogP contribution in [0.25, 0.3) is 0 Å². The predicted octanol–water partition coefficient (Wildman–Crippen LogP) is 4.24. The van der Waals surface area contributed by atoms with Crippen LogP contribution in [0.15, 0.2) is 65.1 Å². The Morgan fingerprint density at radius 3 is 2.68 bits per heavy atom. The maximum Gasteiger partial charge on any atom is 0.353 e. The van der Waals surface area contributed by atoms with Crippen LogP contribution < -0.4 is 20.2 Å². The number of ether oxygens (including phenoxy) is 2. The molecule has 3 rings (SSSR count). The fourth-order valence-corrected chi connectivity index (χ4v) is 3.27. The molecule has 7 nitrogen and oxygen atoms in total. The van der Waals surface area contributed by atoms with Crippen molar-refractivity contribution in [1.29, 1.82) is 0 Å². The summed E-state index contributed by atoms with van der Waals surface area (Å²) in [5, 5.41) is 8.86. The second-order valence-electron chi connectivity index (χ2n) is 6.47. The number of benzene rings is 2. The minimum Gasteiger partial charge on any atom is -0.490 e. The van der Waals surface area contributed by atoms with E-state index in [1.54, 1.807) is 30.3 Å². The van der Waals surface area contributed by atoms with Gasteiger partial charge in [-0.2, -0.15) is 5.10 Å². The average Bonchev–Trinajstić information content (AvgIpc) is 3.30. The van der Waals surface area contributed by atoms with Crippen LogP contribution in [0.5, 0.6) is 11.5 Å². The Hall–Kier alpha value is -3.65. The molecule has 8 heteroatoms. The number of rotatable bonds is 9. The molecule has 0 saturated carbocycles. The molecule has 1 heterocycles. The van der Waals surface area contributed by atoms with Crippen molar-refractivity contribution in [2.45, 2.75) is 13.8 Å². The smallest absolute Gasteiger partial charge is 0.353 e. The Labute approximate surface area is 184 Å². The van der Waals surface area contributed by atoms with Crippen LogP contribution in [-0.4, -0.2) is 31.2 Å². The van der Waals surface area contributed by atoms with Gasteiger partial charge in [-0.15, -0.1) is 11.3 Å². The summed E-state index contributed by atoms with van der Waals surface area (Å²) in [6, 6.07) is 16.3. The third-order valence-electron chi connectivity index (χ3n) is 4.18. The van der Waals surface area contributed by atoms with E-state index < -0.39 is 5.97 Å². The van der Waals surface area contributed by atoms with E-state index in [1.165, 1.54) is 17.6 Å². The van der Waals surface area contributed by atoms with E-state index in [-0.39, 0.29) is 12.5 Å². The van der Waals surface area contributed by atoms with E-state index in [2.05, 4.69) is 15.8 Å². The van der Waals surface area contributed by atoms with E-state index in [4.69, 9.17) is 9.47 Å². The molecule has 0 spiro atoms. The number of hydrogen-bond acceptors (Lipinski definition) is 7. The van der Waals surface area contributed by atoms with Crippen LogP contribution in [-0.2, 0) is 4.79 Å². The maximum atomic E-state index is 12.2. The highest BCUT2D eigenvalue weighted by Crippen LogP contribution is 2.29. The third-order valence-corrected chi connectivity index (χ3v) is 5.03. The van der Waals surface area contributed by atoms with Gasteiger partial charge in [0, 0.05) is 5.69 Å². The first kappa shape index (κ1) is 22.0. The number of nitrogens with one attached hydrogen (secondary N) is 2. The SMILES string of the molecule is CCOc1cc(/C=N/NC(=O)CNc2ccccc2C)ccc1OC(=O)c1cccs1. The van der Waals surface area contributed by atoms with Gasteiger partial charge in [-0.3, -0.25) is 4.79 Å². The highest BCUT2D eigenvalue weighted by Gasteiger charge is 2.14. The highest BCUT2D eigenvalue weighted by atomic mass is 32.1. The zero-order valence-electron chi connectivity index (χ0n) is 17.3. The monoisotopic (exact) mass is 437 g/mol. The van der Waals surface area contributed by atoms with E-state index in [0.29, 0.717) is 28.5 Å². The molecule has 31 heavy (non-hydrogen) atoms. The first-order valence-electron chi connectivity index (χ1n) is 9.70. The van der Waals surface area contributed by atoms with Crippen molar-refractivity contribution in [3.8, 4) is 11.5 Å². The van der Waals surface area contributed by atoms with Gasteiger partial charge in [-0.25, -0.2) is 10.2 Å². The topological polar surface area (TPSA) is 89.0 Å². The molecule has 3 aromatic rings. The van der Waals surface area contributed by atoms with Crippen molar-refractivity contribution < 1.29 is 19.1 Å². The number of carbonyl (C=O) groups is 2. The Balaban J connectivity index is 1.58. The molecule has 0 unspecified atom stereocenters. The standard InChI is InChI=1S/C23H23N3O4S/c1-3-29-20-13-17(10-11-19(20)30-23(28)21-9-6-12-31-21)14-25-26-22(27)15-24-18-8-5-4-7-16(18)2/h4-14,24H,3,15H2,1-2H3,(H,26,27)/b25-14+. The molecule has 160 valence electrons. The summed E-state index contributed by atoms with van der Waals surface area (Å²) in [7, 11) is 0. The van der Waals surface area contributed by atoms with Crippen molar-refractivity contribution in [1.82, 2.24) is 5.43 Å². The summed E-state index contributed by atoms with van der Waals surface area (Å²) in [4.78, 5) is 24.7. The Morgan fingerprint density at radius 1 is 1.10 bits per heavy atom. The lowest BCUT2D eigenvalue weighted by molar-refractivity contribution is -0.119. The van der Waals surface area contributed by atoms with Crippen molar-refractivity contribution in [3.05, 3.63) is 76.0 Å². The fraction of sp³-hybridized carbons (Fsp3) is 0.174. The fourth-order valence-electron chi connectivity index (χ4n) is 2.67. The quantitative estimate of drug-likeness (QED) is 0.226. The molecule has 0 atom stereocenters. The molecule has 0 aliphatic heterocycles. The Bertz CT molecular complexity index is 1060. The van der Waals surface area contributed by atoms with Crippen molar-refractivity contribution in [2.24, 2.45) is 5.10 Å². The molecule has 2 aromatic carbocycles. The molecule has 0 aliphatic rings. The lowest BCUT2D eigenvalue weighted by atomic mass is 10.2. The third kappa shape index (κ3) is 6.42. The number of hydrazone groups is 1. The molecule has 0 fully saturated rings. The van der Waals surface area contributed by atoms with Gasteiger partial charge in [0.15, 0.2) is 11.5 Å². The van der Waals surface area contributed by atoms with Gasteiger partial charge < -0.3 is 14.8 Å².